The fourth-order valence-electron chi connectivity index (χ4n) is 5.78. The van der Waals surface area contributed by atoms with Crippen LogP contribution < -0.4 is 5.84 Å². The number of nitrogens with two attached hydrogens (primary N) is 1. The third-order valence-electron chi connectivity index (χ3n) is 7.29. The smallest absolute Gasteiger partial charge is 0.243 e. The van der Waals surface area contributed by atoms with Crippen molar-refractivity contribution in [3.8, 4) is 11.5 Å². The van der Waals surface area contributed by atoms with Gasteiger partial charge in [-0.25, -0.2) is 10.9 Å². The fourth-order valence-corrected chi connectivity index (χ4v) is 5.78. The number of rotatable bonds is 6. The third-order valence-corrected chi connectivity index (χ3v) is 7.29. The predicted octanol–water partition coefficient (Wildman–Crippen LogP) is 7.08. The zero-order valence-electron chi connectivity index (χ0n) is 26.9. The average molecular weight is 553 g/mol. The van der Waals surface area contributed by atoms with Gasteiger partial charge in [-0.05, 0) is 68.9 Å². The van der Waals surface area contributed by atoms with E-state index in [0.29, 0.717) is 12.8 Å². The minimum atomic E-state index is -0.438. The molecule has 0 atom stereocenters. The molecule has 222 valence electrons. The highest BCUT2D eigenvalue weighted by molar-refractivity contribution is 5.94. The quantitative estimate of drug-likeness (QED) is 0.202. The molecular formula is C34H52N2O4. The Balaban J connectivity index is 2.25. The first-order valence-electron chi connectivity index (χ1n) is 14.3. The molecule has 0 unspecified atom stereocenters. The van der Waals surface area contributed by atoms with Crippen LogP contribution in [0.2, 0.25) is 0 Å². The number of hydrogen-bond acceptors (Lipinski definition) is 5. The van der Waals surface area contributed by atoms with Crippen LogP contribution in [0.5, 0.6) is 11.5 Å². The Morgan fingerprint density at radius 3 is 1.10 bits per heavy atom. The molecule has 0 aliphatic carbocycles. The largest absolute Gasteiger partial charge is 0.508 e. The molecule has 0 saturated carbocycles. The SMILES string of the molecule is CC(C)(C)c1c(O)ccc(CCC(=O)N(N)C(=O)CCc2ccc(O)c(C(C)(C)C)c2C(C)(C)C)c1C(C)(C)C. The zero-order chi connectivity index (χ0) is 31.0. The molecule has 2 amide bonds. The molecule has 2 aromatic rings. The van der Waals surface area contributed by atoms with E-state index < -0.39 is 11.8 Å². The van der Waals surface area contributed by atoms with Gasteiger partial charge >= 0.3 is 0 Å². The van der Waals surface area contributed by atoms with Crippen LogP contribution in [0.1, 0.15) is 129 Å². The summed E-state index contributed by atoms with van der Waals surface area (Å²) < 4.78 is 0. The van der Waals surface area contributed by atoms with Crippen molar-refractivity contribution in [2.75, 3.05) is 0 Å². The number of benzene rings is 2. The summed E-state index contributed by atoms with van der Waals surface area (Å²) >= 11 is 0. The summed E-state index contributed by atoms with van der Waals surface area (Å²) in [6, 6.07) is 7.12. The van der Waals surface area contributed by atoms with Gasteiger partial charge in [0, 0.05) is 24.0 Å². The van der Waals surface area contributed by atoms with E-state index >= 15 is 0 Å². The van der Waals surface area contributed by atoms with E-state index in [1.54, 1.807) is 12.1 Å². The maximum atomic E-state index is 13.0. The van der Waals surface area contributed by atoms with Gasteiger partial charge in [0.2, 0.25) is 11.8 Å². The minimum absolute atomic E-state index is 0.0836. The lowest BCUT2D eigenvalue weighted by atomic mass is 9.72. The van der Waals surface area contributed by atoms with Gasteiger partial charge < -0.3 is 10.2 Å². The van der Waals surface area contributed by atoms with E-state index in [4.69, 9.17) is 5.84 Å². The Bertz CT molecular complexity index is 1150. The second-order valence-electron chi connectivity index (χ2n) is 15.1. The summed E-state index contributed by atoms with van der Waals surface area (Å²) in [5.41, 5.74) is 4.69. The van der Waals surface area contributed by atoms with Crippen LogP contribution in [0.4, 0.5) is 0 Å². The highest BCUT2D eigenvalue weighted by Crippen LogP contribution is 2.43. The van der Waals surface area contributed by atoms with Crippen molar-refractivity contribution in [2.45, 2.75) is 130 Å². The molecule has 0 saturated heterocycles. The van der Waals surface area contributed by atoms with Crippen LogP contribution in [0.3, 0.4) is 0 Å². The van der Waals surface area contributed by atoms with Gasteiger partial charge in [-0.1, -0.05) is 95.2 Å². The summed E-state index contributed by atoms with van der Waals surface area (Å²) in [7, 11) is 0. The Kier molecular flexibility index (Phi) is 9.63. The molecule has 0 aliphatic heterocycles. The number of nitrogens with zero attached hydrogens (tertiary/aromatic N) is 1. The number of amides is 2. The van der Waals surface area contributed by atoms with Crippen molar-refractivity contribution in [3.63, 3.8) is 0 Å². The van der Waals surface area contributed by atoms with E-state index in [-0.39, 0.29) is 46.0 Å². The number of hydrogen-bond donors (Lipinski definition) is 3. The summed E-state index contributed by atoms with van der Waals surface area (Å²) in [6.07, 6.45) is 0.994. The maximum absolute atomic E-state index is 13.0. The van der Waals surface area contributed by atoms with E-state index in [2.05, 4.69) is 83.1 Å². The third kappa shape index (κ3) is 7.66. The summed E-state index contributed by atoms with van der Waals surface area (Å²) in [5, 5.41) is 22.2. The number of carbonyl (C=O) groups is 2. The van der Waals surface area contributed by atoms with E-state index in [9.17, 15) is 19.8 Å². The van der Waals surface area contributed by atoms with Crippen LogP contribution in [0.25, 0.3) is 0 Å². The monoisotopic (exact) mass is 552 g/mol. The Morgan fingerprint density at radius 1 is 0.575 bits per heavy atom. The number of carbonyl (C=O) groups excluding carboxylic acids is 2. The number of phenolic OH excluding ortho intramolecular Hbond substituents is 2. The molecule has 6 nitrogen and oxygen atoms in total. The molecule has 40 heavy (non-hydrogen) atoms. The van der Waals surface area contributed by atoms with Crippen molar-refractivity contribution in [1.82, 2.24) is 5.01 Å². The van der Waals surface area contributed by atoms with Crippen molar-refractivity contribution in [1.29, 1.82) is 0 Å². The van der Waals surface area contributed by atoms with Gasteiger partial charge in [0.1, 0.15) is 11.5 Å². The van der Waals surface area contributed by atoms with Gasteiger partial charge in [0.25, 0.3) is 0 Å². The van der Waals surface area contributed by atoms with Crippen LogP contribution in [-0.4, -0.2) is 27.0 Å². The van der Waals surface area contributed by atoms with Crippen LogP contribution in [0.15, 0.2) is 24.3 Å². The molecule has 0 fully saturated rings. The normalized spacial score (nSPS) is 12.9. The molecular weight excluding hydrogens is 500 g/mol. The Morgan fingerprint density at radius 2 is 0.850 bits per heavy atom. The molecule has 0 spiro atoms. The number of phenols is 2. The molecule has 2 rings (SSSR count). The van der Waals surface area contributed by atoms with E-state index in [0.717, 1.165) is 38.4 Å². The molecule has 0 aliphatic rings. The number of imide groups is 1. The standard InChI is InChI=1S/C34H52N2O4/c1-31(2,3)27-21(13-17-23(37)29(27)33(7,8)9)15-19-25(39)36(35)26(40)20-16-22-14-18-24(38)30(34(10,11)12)28(22)32(4,5)6/h13-14,17-18,37-38H,15-16,19-20,35H2,1-12H3. The average Bonchev–Trinajstić information content (AvgIpc) is 2.78. The van der Waals surface area contributed by atoms with Gasteiger partial charge in [-0.2, -0.15) is 0 Å². The molecule has 0 bridgehead atoms. The van der Waals surface area contributed by atoms with Gasteiger partial charge in [-0.15, -0.1) is 0 Å². The first-order valence-corrected chi connectivity index (χ1v) is 14.3. The summed E-state index contributed by atoms with van der Waals surface area (Å²) in [6.45, 7) is 25.0. The van der Waals surface area contributed by atoms with Crippen LogP contribution in [0, 0.1) is 0 Å². The van der Waals surface area contributed by atoms with Gasteiger partial charge in [-0.3, -0.25) is 9.59 Å². The number of hydrazine groups is 1. The lowest BCUT2D eigenvalue weighted by Crippen LogP contribution is -2.43. The number of aromatic hydroxyl groups is 2. The maximum Gasteiger partial charge on any atom is 0.243 e. The van der Waals surface area contributed by atoms with E-state index in [1.807, 2.05) is 12.1 Å². The zero-order valence-corrected chi connectivity index (χ0v) is 26.9. The Hall–Kier alpha value is -2.86. The van der Waals surface area contributed by atoms with Crippen molar-refractivity contribution in [3.05, 3.63) is 57.6 Å². The van der Waals surface area contributed by atoms with Gasteiger partial charge in [0.15, 0.2) is 0 Å². The molecule has 4 N–H and O–H groups in total. The van der Waals surface area contributed by atoms with E-state index in [1.165, 1.54) is 0 Å². The summed E-state index contributed by atoms with van der Waals surface area (Å²) in [5.74, 6) is 5.67. The highest BCUT2D eigenvalue weighted by atomic mass is 16.3. The molecule has 6 heteroatoms. The number of aryl methyl sites for hydroxylation is 2. The lowest BCUT2D eigenvalue weighted by molar-refractivity contribution is -0.145. The first kappa shape index (κ1) is 33.3. The topological polar surface area (TPSA) is 104 Å². The predicted molar refractivity (Wildman–Crippen MR) is 164 cm³/mol. The Labute approximate surface area is 241 Å². The van der Waals surface area contributed by atoms with Crippen LogP contribution >= 0.6 is 0 Å². The van der Waals surface area contributed by atoms with Crippen molar-refractivity contribution in [2.24, 2.45) is 5.84 Å². The van der Waals surface area contributed by atoms with Crippen molar-refractivity contribution < 1.29 is 19.8 Å². The summed E-state index contributed by atoms with van der Waals surface area (Å²) in [4.78, 5) is 26.1. The fraction of sp³-hybridized carbons (Fsp3) is 0.588. The van der Waals surface area contributed by atoms with Crippen LogP contribution in [-0.2, 0) is 44.1 Å². The minimum Gasteiger partial charge on any atom is -0.508 e. The highest BCUT2D eigenvalue weighted by Gasteiger charge is 2.32. The molecule has 0 radical (unpaired) electrons. The van der Waals surface area contributed by atoms with Crippen molar-refractivity contribution >= 4 is 11.8 Å². The molecule has 0 aromatic heterocycles. The second-order valence-corrected chi connectivity index (χ2v) is 15.1. The van der Waals surface area contributed by atoms with Gasteiger partial charge in [0.05, 0.1) is 0 Å². The molecule has 0 heterocycles. The first-order chi connectivity index (χ1) is 18.0. The lowest BCUT2D eigenvalue weighted by Gasteiger charge is -2.33. The second kappa shape index (κ2) is 11.6. The molecule has 2 aromatic carbocycles.